The summed E-state index contributed by atoms with van der Waals surface area (Å²) in [7, 11) is 3.06. The lowest BCUT2D eigenvalue weighted by Gasteiger charge is -2.30. The molecule has 1 saturated heterocycles. The Morgan fingerprint density at radius 1 is 1.10 bits per heavy atom. The predicted molar refractivity (Wildman–Crippen MR) is 146 cm³/mol. The second-order valence-corrected chi connectivity index (χ2v) is 9.99. The molecule has 0 bridgehead atoms. The lowest BCUT2D eigenvalue weighted by atomic mass is 9.98. The summed E-state index contributed by atoms with van der Waals surface area (Å²) in [6.07, 6.45) is -1.90. The maximum absolute atomic E-state index is 13.4. The summed E-state index contributed by atoms with van der Waals surface area (Å²) in [4.78, 5) is 33.2. The topological polar surface area (TPSA) is 94.3 Å². The van der Waals surface area contributed by atoms with E-state index in [4.69, 9.17) is 18.6 Å². The van der Waals surface area contributed by atoms with Crippen molar-refractivity contribution < 1.29 is 41.4 Å². The maximum atomic E-state index is 13.4. The summed E-state index contributed by atoms with van der Waals surface area (Å²) in [5, 5.41) is 0. The molecule has 0 saturated carbocycles. The second-order valence-electron chi connectivity index (χ2n) is 9.99. The Morgan fingerprint density at radius 3 is 2.62 bits per heavy atom. The number of nitrogens with zero attached hydrogens (tertiary/aromatic N) is 3. The van der Waals surface area contributed by atoms with Crippen LogP contribution in [0.4, 0.5) is 13.2 Å². The van der Waals surface area contributed by atoms with E-state index in [2.05, 4.69) is 4.98 Å². The number of carbonyl (C=O) groups is 2. The van der Waals surface area contributed by atoms with Crippen molar-refractivity contribution in [3.8, 4) is 11.5 Å². The van der Waals surface area contributed by atoms with Crippen molar-refractivity contribution in [1.29, 1.82) is 0 Å². The molecule has 3 aromatic rings. The standard InChI is InChI=1S/C30H34F3N3O6/c1-4-41-29(38)22-8-6-12-36(17-22)28(37)25-19-42-27(34-25)18-35(15-20-7-5-9-23(13-20)30(31,32)33)16-21-10-11-24(39-2)14-26(21)40-3/h5,7,9-11,13-14,19,22H,4,6,8,12,15-18H2,1-3H3/t22-/m0/s1. The number of oxazole rings is 1. The van der Waals surface area contributed by atoms with Gasteiger partial charge in [-0.1, -0.05) is 24.3 Å². The maximum Gasteiger partial charge on any atom is 0.416 e. The zero-order valence-electron chi connectivity index (χ0n) is 23.8. The van der Waals surface area contributed by atoms with Crippen molar-refractivity contribution in [2.75, 3.05) is 33.9 Å². The van der Waals surface area contributed by atoms with E-state index in [1.807, 2.05) is 11.0 Å². The average molecular weight is 590 g/mol. The first kappa shape index (κ1) is 30.9. The van der Waals surface area contributed by atoms with Crippen LogP contribution in [0.1, 0.15) is 52.8 Å². The van der Waals surface area contributed by atoms with Crippen LogP contribution in [0.3, 0.4) is 0 Å². The molecule has 9 nitrogen and oxygen atoms in total. The monoisotopic (exact) mass is 589 g/mol. The van der Waals surface area contributed by atoms with Crippen molar-refractivity contribution in [2.45, 2.75) is 45.6 Å². The molecule has 0 radical (unpaired) electrons. The Labute approximate surface area is 242 Å². The Morgan fingerprint density at radius 2 is 1.90 bits per heavy atom. The van der Waals surface area contributed by atoms with E-state index in [1.165, 1.54) is 26.5 Å². The van der Waals surface area contributed by atoms with E-state index in [-0.39, 0.29) is 56.2 Å². The van der Waals surface area contributed by atoms with Gasteiger partial charge in [-0.05, 0) is 37.5 Å². The van der Waals surface area contributed by atoms with Crippen LogP contribution < -0.4 is 9.47 Å². The number of carbonyl (C=O) groups excluding carboxylic acids is 2. The molecule has 1 atom stereocenters. The summed E-state index contributed by atoms with van der Waals surface area (Å²) >= 11 is 0. The first-order valence-electron chi connectivity index (χ1n) is 13.6. The van der Waals surface area contributed by atoms with Gasteiger partial charge in [-0.3, -0.25) is 14.5 Å². The zero-order chi connectivity index (χ0) is 30.3. The molecule has 2 aromatic carbocycles. The summed E-state index contributed by atoms with van der Waals surface area (Å²) in [6, 6.07) is 10.4. The van der Waals surface area contributed by atoms with Crippen LogP contribution in [0.25, 0.3) is 0 Å². The highest BCUT2D eigenvalue weighted by atomic mass is 19.4. The fourth-order valence-electron chi connectivity index (χ4n) is 4.94. The Kier molecular flexibility index (Phi) is 10.1. The van der Waals surface area contributed by atoms with Crippen LogP contribution in [0.5, 0.6) is 11.5 Å². The van der Waals surface area contributed by atoms with Gasteiger partial charge in [0, 0.05) is 37.8 Å². The summed E-state index contributed by atoms with van der Waals surface area (Å²) in [5.41, 5.74) is 0.564. The number of esters is 1. The number of rotatable bonds is 11. The molecule has 1 aromatic heterocycles. The number of hydrogen-bond acceptors (Lipinski definition) is 8. The molecule has 1 amide bonds. The zero-order valence-corrected chi connectivity index (χ0v) is 23.8. The second kappa shape index (κ2) is 13.7. The van der Waals surface area contributed by atoms with Crippen molar-refractivity contribution in [3.63, 3.8) is 0 Å². The van der Waals surface area contributed by atoms with Crippen molar-refractivity contribution in [2.24, 2.45) is 5.92 Å². The molecular formula is C30H34F3N3O6. The number of likely N-dealkylation sites (tertiary alicyclic amines) is 1. The van der Waals surface area contributed by atoms with E-state index in [0.717, 1.165) is 17.7 Å². The van der Waals surface area contributed by atoms with Gasteiger partial charge in [0.25, 0.3) is 5.91 Å². The van der Waals surface area contributed by atoms with Crippen molar-refractivity contribution >= 4 is 11.9 Å². The fraction of sp³-hybridized carbons (Fsp3) is 0.433. The third kappa shape index (κ3) is 7.81. The normalized spacial score (nSPS) is 15.5. The number of alkyl halides is 3. The largest absolute Gasteiger partial charge is 0.497 e. The molecule has 0 spiro atoms. The molecule has 4 rings (SSSR count). The molecule has 42 heavy (non-hydrogen) atoms. The molecule has 226 valence electrons. The van der Waals surface area contributed by atoms with Crippen molar-refractivity contribution in [1.82, 2.24) is 14.8 Å². The highest BCUT2D eigenvalue weighted by Gasteiger charge is 2.32. The number of halogens is 3. The van der Waals surface area contributed by atoms with Gasteiger partial charge in [0.05, 0.1) is 38.9 Å². The molecule has 12 heteroatoms. The molecule has 0 N–H and O–H groups in total. The van der Waals surface area contributed by atoms with Gasteiger partial charge >= 0.3 is 12.1 Å². The van der Waals surface area contributed by atoms with E-state index >= 15 is 0 Å². The number of piperidine rings is 1. The third-order valence-corrected chi connectivity index (χ3v) is 7.01. The van der Waals surface area contributed by atoms with E-state index < -0.39 is 17.7 Å². The minimum atomic E-state index is -4.47. The van der Waals surface area contributed by atoms with Crippen molar-refractivity contribution in [3.05, 3.63) is 77.0 Å². The lowest BCUT2D eigenvalue weighted by Crippen LogP contribution is -2.43. The number of methoxy groups -OCH3 is 2. The van der Waals surface area contributed by atoms with Gasteiger partial charge in [-0.25, -0.2) is 4.98 Å². The fourth-order valence-corrected chi connectivity index (χ4v) is 4.94. The van der Waals surface area contributed by atoms with Crippen LogP contribution in [-0.4, -0.2) is 60.6 Å². The van der Waals surface area contributed by atoms with Crippen LogP contribution in [0.15, 0.2) is 53.1 Å². The SMILES string of the molecule is CCOC(=O)[C@H]1CCCN(C(=O)c2coc(CN(Cc3cccc(C(F)(F)F)c3)Cc3ccc(OC)cc3OC)n2)C1. The van der Waals surface area contributed by atoms with Crippen LogP contribution in [0, 0.1) is 5.92 Å². The molecule has 1 fully saturated rings. The average Bonchev–Trinajstić information content (AvgIpc) is 3.45. The Bertz CT molecular complexity index is 1380. The van der Waals surface area contributed by atoms with Gasteiger partial charge < -0.3 is 23.5 Å². The third-order valence-electron chi connectivity index (χ3n) is 7.01. The van der Waals surface area contributed by atoms with Gasteiger partial charge in [0.1, 0.15) is 17.8 Å². The highest BCUT2D eigenvalue weighted by molar-refractivity contribution is 5.92. The van der Waals surface area contributed by atoms with Crippen LogP contribution >= 0.6 is 0 Å². The minimum Gasteiger partial charge on any atom is -0.497 e. The quantitative estimate of drug-likeness (QED) is 0.277. The molecular weight excluding hydrogens is 555 g/mol. The smallest absolute Gasteiger partial charge is 0.416 e. The number of amides is 1. The Balaban J connectivity index is 1.54. The molecule has 1 aliphatic rings. The number of ether oxygens (including phenoxy) is 3. The minimum absolute atomic E-state index is 0.0931. The van der Waals surface area contributed by atoms with E-state index in [1.54, 1.807) is 30.0 Å². The first-order valence-corrected chi connectivity index (χ1v) is 13.6. The predicted octanol–water partition coefficient (Wildman–Crippen LogP) is 5.33. The Hall–Kier alpha value is -4.06. The summed E-state index contributed by atoms with van der Waals surface area (Å²) in [5.74, 6) is 0.287. The highest BCUT2D eigenvalue weighted by Crippen LogP contribution is 2.31. The van der Waals surface area contributed by atoms with Crippen LogP contribution in [0.2, 0.25) is 0 Å². The summed E-state index contributed by atoms with van der Waals surface area (Å²) < 4.78 is 61.7. The molecule has 1 aliphatic heterocycles. The molecule has 0 unspecified atom stereocenters. The van der Waals surface area contributed by atoms with Crippen LogP contribution in [-0.2, 0) is 35.3 Å². The van der Waals surface area contributed by atoms with Gasteiger partial charge in [0.2, 0.25) is 5.89 Å². The summed E-state index contributed by atoms with van der Waals surface area (Å²) in [6.45, 7) is 3.25. The molecule has 0 aliphatic carbocycles. The lowest BCUT2D eigenvalue weighted by molar-refractivity contribution is -0.149. The number of aromatic nitrogens is 1. The van der Waals surface area contributed by atoms with Gasteiger partial charge in [-0.2, -0.15) is 13.2 Å². The van der Waals surface area contributed by atoms with Gasteiger partial charge in [-0.15, -0.1) is 0 Å². The van der Waals surface area contributed by atoms with Gasteiger partial charge in [0.15, 0.2) is 5.69 Å². The van der Waals surface area contributed by atoms with E-state index in [9.17, 15) is 22.8 Å². The van der Waals surface area contributed by atoms with E-state index in [0.29, 0.717) is 36.4 Å². The number of hydrogen-bond donors (Lipinski definition) is 0. The number of benzene rings is 2. The molecule has 2 heterocycles. The first-order chi connectivity index (χ1) is 20.1.